The van der Waals surface area contributed by atoms with Crippen molar-refractivity contribution in [1.82, 2.24) is 0 Å². The largest absolute Gasteiger partial charge is 0.508 e. The van der Waals surface area contributed by atoms with Crippen molar-refractivity contribution in [2.24, 2.45) is 0 Å². The molecule has 14 heavy (non-hydrogen) atoms. The molecule has 0 atom stereocenters. The maximum absolute atomic E-state index is 9.20. The molecule has 1 rings (SSSR count). The number of halogens is 2. The number of nitrogens with zero attached hydrogens (tertiary/aromatic N) is 1. The van der Waals surface area contributed by atoms with Gasteiger partial charge in [0.2, 0.25) is 0 Å². The lowest BCUT2D eigenvalue weighted by molar-refractivity contribution is 0.474. The van der Waals surface area contributed by atoms with Gasteiger partial charge in [-0.2, -0.15) is 5.26 Å². The van der Waals surface area contributed by atoms with Gasteiger partial charge in [0, 0.05) is 5.56 Å². The molecular formula is C10H9Cl2NO. The summed E-state index contributed by atoms with van der Waals surface area (Å²) in [5.74, 6) is -0.00232. The highest BCUT2D eigenvalue weighted by atomic mass is 35.5. The van der Waals surface area contributed by atoms with Crippen molar-refractivity contribution >= 4 is 23.2 Å². The second kappa shape index (κ2) is 3.68. The highest BCUT2D eigenvalue weighted by Gasteiger charge is 2.26. The summed E-state index contributed by atoms with van der Waals surface area (Å²) in [6.07, 6.45) is 0. The van der Waals surface area contributed by atoms with Gasteiger partial charge >= 0.3 is 0 Å². The molecule has 0 aromatic heterocycles. The van der Waals surface area contributed by atoms with Crippen molar-refractivity contribution in [3.05, 3.63) is 27.7 Å². The van der Waals surface area contributed by atoms with E-state index in [1.54, 1.807) is 13.8 Å². The second-order valence-corrected chi connectivity index (χ2v) is 4.34. The van der Waals surface area contributed by atoms with E-state index in [0.717, 1.165) is 0 Å². The molecule has 0 saturated carbocycles. The summed E-state index contributed by atoms with van der Waals surface area (Å²) in [5.41, 5.74) is -0.219. The van der Waals surface area contributed by atoms with Crippen molar-refractivity contribution in [1.29, 1.82) is 5.26 Å². The molecule has 0 aliphatic heterocycles. The molecule has 0 heterocycles. The van der Waals surface area contributed by atoms with Crippen molar-refractivity contribution in [2.45, 2.75) is 19.3 Å². The van der Waals surface area contributed by atoms with Crippen LogP contribution in [-0.2, 0) is 5.41 Å². The van der Waals surface area contributed by atoms with Crippen LogP contribution in [0.5, 0.6) is 5.75 Å². The first kappa shape index (κ1) is 11.2. The Bertz CT molecular complexity index is 384. The molecule has 0 bridgehead atoms. The molecule has 0 saturated heterocycles. The summed E-state index contributed by atoms with van der Waals surface area (Å²) in [7, 11) is 0. The van der Waals surface area contributed by atoms with Crippen molar-refractivity contribution < 1.29 is 5.11 Å². The van der Waals surface area contributed by atoms with Gasteiger partial charge in [-0.05, 0) is 26.0 Å². The average molecular weight is 230 g/mol. The van der Waals surface area contributed by atoms with E-state index in [0.29, 0.717) is 15.6 Å². The van der Waals surface area contributed by atoms with E-state index >= 15 is 0 Å². The van der Waals surface area contributed by atoms with Crippen molar-refractivity contribution in [2.75, 3.05) is 0 Å². The predicted molar refractivity (Wildman–Crippen MR) is 56.8 cm³/mol. The van der Waals surface area contributed by atoms with Crippen molar-refractivity contribution in [3.8, 4) is 11.8 Å². The van der Waals surface area contributed by atoms with E-state index in [1.165, 1.54) is 12.1 Å². The van der Waals surface area contributed by atoms with Crippen LogP contribution in [0.3, 0.4) is 0 Å². The van der Waals surface area contributed by atoms with Crippen LogP contribution in [0.2, 0.25) is 10.0 Å². The molecule has 4 heteroatoms. The van der Waals surface area contributed by atoms with Crippen LogP contribution in [0.4, 0.5) is 0 Å². The lowest BCUT2D eigenvalue weighted by Gasteiger charge is -2.19. The van der Waals surface area contributed by atoms with E-state index in [2.05, 4.69) is 6.07 Å². The fourth-order valence-electron chi connectivity index (χ4n) is 1.21. The molecule has 0 spiro atoms. The Kier molecular flexibility index (Phi) is 2.94. The summed E-state index contributed by atoms with van der Waals surface area (Å²) in [5, 5.41) is 18.8. The molecule has 1 aromatic rings. The van der Waals surface area contributed by atoms with E-state index in [9.17, 15) is 5.11 Å². The molecule has 0 aliphatic carbocycles. The van der Waals surface area contributed by atoms with Crippen LogP contribution in [0.15, 0.2) is 12.1 Å². The Morgan fingerprint density at radius 2 is 1.71 bits per heavy atom. The van der Waals surface area contributed by atoms with E-state index < -0.39 is 5.41 Å². The molecule has 0 radical (unpaired) electrons. The van der Waals surface area contributed by atoms with Gasteiger partial charge in [0.05, 0.1) is 21.5 Å². The molecule has 1 aromatic carbocycles. The smallest absolute Gasteiger partial charge is 0.118 e. The highest BCUT2D eigenvalue weighted by Crippen LogP contribution is 2.37. The van der Waals surface area contributed by atoms with Crippen LogP contribution in [0.25, 0.3) is 0 Å². The van der Waals surface area contributed by atoms with Gasteiger partial charge < -0.3 is 5.11 Å². The molecule has 0 amide bonds. The minimum absolute atomic E-state index is 0.00232. The Hall–Kier alpha value is -0.910. The Morgan fingerprint density at radius 1 is 1.29 bits per heavy atom. The number of phenols is 1. The third-order valence-electron chi connectivity index (χ3n) is 1.93. The Labute approximate surface area is 92.7 Å². The summed E-state index contributed by atoms with van der Waals surface area (Å²) in [6, 6.07) is 4.86. The molecular weight excluding hydrogens is 221 g/mol. The second-order valence-electron chi connectivity index (χ2n) is 3.52. The van der Waals surface area contributed by atoms with Crippen molar-refractivity contribution in [3.63, 3.8) is 0 Å². The monoisotopic (exact) mass is 229 g/mol. The minimum Gasteiger partial charge on any atom is -0.508 e. The molecule has 0 unspecified atom stereocenters. The van der Waals surface area contributed by atoms with Crippen LogP contribution in [0, 0.1) is 11.3 Å². The van der Waals surface area contributed by atoms with Gasteiger partial charge in [-0.1, -0.05) is 23.2 Å². The van der Waals surface area contributed by atoms with Gasteiger partial charge in [0.15, 0.2) is 0 Å². The first-order chi connectivity index (χ1) is 6.38. The third-order valence-corrected chi connectivity index (χ3v) is 2.53. The zero-order valence-corrected chi connectivity index (χ0v) is 9.32. The number of phenolic OH excluding ortho intramolecular Hbond substituents is 1. The van der Waals surface area contributed by atoms with Crippen LogP contribution in [-0.4, -0.2) is 5.11 Å². The van der Waals surface area contributed by atoms with E-state index in [-0.39, 0.29) is 5.75 Å². The van der Waals surface area contributed by atoms with Gasteiger partial charge in [-0.25, -0.2) is 0 Å². The van der Waals surface area contributed by atoms with Crippen LogP contribution < -0.4 is 0 Å². The predicted octanol–water partition coefficient (Wildman–Crippen LogP) is 3.50. The first-order valence-electron chi connectivity index (χ1n) is 3.98. The minimum atomic E-state index is -0.762. The lowest BCUT2D eigenvalue weighted by Crippen LogP contribution is -2.15. The van der Waals surface area contributed by atoms with Crippen LogP contribution >= 0.6 is 23.2 Å². The maximum atomic E-state index is 9.20. The highest BCUT2D eigenvalue weighted by molar-refractivity contribution is 6.36. The lowest BCUT2D eigenvalue weighted by atomic mass is 9.86. The Morgan fingerprint density at radius 3 is 2.07 bits per heavy atom. The maximum Gasteiger partial charge on any atom is 0.118 e. The summed E-state index contributed by atoms with van der Waals surface area (Å²) >= 11 is 11.8. The fourth-order valence-corrected chi connectivity index (χ4v) is 2.16. The topological polar surface area (TPSA) is 44.0 Å². The summed E-state index contributed by atoms with van der Waals surface area (Å²) in [6.45, 7) is 3.44. The van der Waals surface area contributed by atoms with E-state index in [1.807, 2.05) is 0 Å². The zero-order chi connectivity index (χ0) is 10.9. The van der Waals surface area contributed by atoms with Gasteiger partial charge in [0.1, 0.15) is 5.75 Å². The van der Waals surface area contributed by atoms with Gasteiger partial charge in [-0.15, -0.1) is 0 Å². The third kappa shape index (κ3) is 1.95. The number of aromatic hydroxyl groups is 1. The quantitative estimate of drug-likeness (QED) is 0.802. The number of hydrogen-bond acceptors (Lipinski definition) is 2. The molecule has 2 nitrogen and oxygen atoms in total. The van der Waals surface area contributed by atoms with Gasteiger partial charge in [0.25, 0.3) is 0 Å². The first-order valence-corrected chi connectivity index (χ1v) is 4.74. The van der Waals surface area contributed by atoms with E-state index in [4.69, 9.17) is 28.5 Å². The van der Waals surface area contributed by atoms with Crippen LogP contribution in [0.1, 0.15) is 19.4 Å². The number of benzene rings is 1. The average Bonchev–Trinajstić information content (AvgIpc) is 2.01. The number of hydrogen-bond donors (Lipinski definition) is 1. The summed E-state index contributed by atoms with van der Waals surface area (Å²) in [4.78, 5) is 0. The normalized spacial score (nSPS) is 11.1. The molecule has 74 valence electrons. The molecule has 0 fully saturated rings. The summed E-state index contributed by atoms with van der Waals surface area (Å²) < 4.78 is 0. The Balaban J connectivity index is 3.44. The standard InChI is InChI=1S/C10H9Cl2NO/c1-10(2,5-13)9-7(11)3-6(14)4-8(9)12/h3-4,14H,1-2H3. The fraction of sp³-hybridized carbons (Fsp3) is 0.300. The molecule has 1 N–H and O–H groups in total. The number of rotatable bonds is 1. The SMILES string of the molecule is CC(C)(C#N)c1c(Cl)cc(O)cc1Cl. The number of nitriles is 1. The van der Waals surface area contributed by atoms with Gasteiger partial charge in [-0.3, -0.25) is 0 Å². The zero-order valence-electron chi connectivity index (χ0n) is 7.81. The molecule has 0 aliphatic rings.